The third-order valence-corrected chi connectivity index (χ3v) is 5.61. The number of hydrogen-bond donors (Lipinski definition) is 3. The van der Waals surface area contributed by atoms with Crippen molar-refractivity contribution in [1.29, 1.82) is 0 Å². The molecule has 1 aromatic rings. The van der Waals surface area contributed by atoms with E-state index >= 15 is 0 Å². The van der Waals surface area contributed by atoms with E-state index in [1.807, 2.05) is 17.0 Å². The number of likely N-dealkylation sites (tertiary alicyclic amines) is 1. The Bertz CT molecular complexity index is 697. The lowest BCUT2D eigenvalue weighted by molar-refractivity contribution is 0.168. The maximum Gasteiger partial charge on any atom is 0.321 e. The van der Waals surface area contributed by atoms with Crippen LogP contribution in [0.4, 0.5) is 14.9 Å². The van der Waals surface area contributed by atoms with E-state index in [-0.39, 0.29) is 18.0 Å². The van der Waals surface area contributed by atoms with Crippen molar-refractivity contribution in [3.05, 3.63) is 40.9 Å². The highest BCUT2D eigenvalue weighted by atomic mass is 35.5. The van der Waals surface area contributed by atoms with Crippen molar-refractivity contribution in [1.82, 2.24) is 15.8 Å². The van der Waals surface area contributed by atoms with Gasteiger partial charge in [-0.15, -0.1) is 0 Å². The smallest absolute Gasteiger partial charge is 0.321 e. The summed E-state index contributed by atoms with van der Waals surface area (Å²) < 4.78 is 13.5. The monoisotopic (exact) mass is 364 g/mol. The quantitative estimate of drug-likeness (QED) is 0.707. The molecule has 0 radical (unpaired) electrons. The molecule has 4 atom stereocenters. The normalized spacial score (nSPS) is 31.6. The van der Waals surface area contributed by atoms with Gasteiger partial charge in [0.2, 0.25) is 0 Å². The van der Waals surface area contributed by atoms with Crippen LogP contribution in [-0.2, 0) is 0 Å². The summed E-state index contributed by atoms with van der Waals surface area (Å²) in [6.45, 7) is 1.34. The number of halogens is 2. The Balaban J connectivity index is 1.43. The summed E-state index contributed by atoms with van der Waals surface area (Å²) in [6.07, 6.45) is 3.15. The van der Waals surface area contributed by atoms with Gasteiger partial charge >= 0.3 is 6.03 Å². The van der Waals surface area contributed by atoms with E-state index in [1.54, 1.807) is 18.2 Å². The van der Waals surface area contributed by atoms with Crippen LogP contribution < -0.4 is 16.2 Å². The first-order chi connectivity index (χ1) is 12.1. The molecule has 134 valence electrons. The predicted molar refractivity (Wildman–Crippen MR) is 96.2 cm³/mol. The van der Waals surface area contributed by atoms with Crippen molar-refractivity contribution in [2.75, 3.05) is 18.4 Å². The third kappa shape index (κ3) is 3.52. The number of carbonyl (C=O) groups is 1. The van der Waals surface area contributed by atoms with Gasteiger partial charge < -0.3 is 10.2 Å². The fraction of sp³-hybridized carbons (Fsp3) is 0.500. The van der Waals surface area contributed by atoms with Crippen molar-refractivity contribution < 1.29 is 9.18 Å². The maximum absolute atomic E-state index is 13.5. The Labute approximate surface area is 151 Å². The second-order valence-electron chi connectivity index (χ2n) is 7.01. The number of nitrogens with one attached hydrogen (secondary N) is 3. The van der Waals surface area contributed by atoms with Crippen LogP contribution >= 0.6 is 11.6 Å². The number of rotatable bonds is 2. The van der Waals surface area contributed by atoms with Gasteiger partial charge in [-0.3, -0.25) is 5.43 Å². The van der Waals surface area contributed by atoms with Crippen molar-refractivity contribution in [2.45, 2.75) is 37.5 Å². The van der Waals surface area contributed by atoms with Crippen molar-refractivity contribution in [2.24, 2.45) is 5.92 Å². The summed E-state index contributed by atoms with van der Waals surface area (Å²) in [7, 11) is 0. The number of alkyl halides is 1. The summed E-state index contributed by atoms with van der Waals surface area (Å²) in [6, 6.07) is 7.45. The number of hydrazine groups is 1. The van der Waals surface area contributed by atoms with Crippen molar-refractivity contribution in [3.8, 4) is 0 Å². The SMILES string of the molecule is O=C(Nc1cccc(Cl)c1)N1CCC2NNC(C3=CC(F)CC3)C2C1. The largest absolute Gasteiger partial charge is 0.324 e. The minimum atomic E-state index is -0.832. The minimum absolute atomic E-state index is 0.104. The highest BCUT2D eigenvalue weighted by Crippen LogP contribution is 2.33. The number of piperidine rings is 1. The number of carbonyl (C=O) groups excluding carboxylic acids is 1. The Morgan fingerprint density at radius 1 is 1.32 bits per heavy atom. The maximum atomic E-state index is 13.5. The Kier molecular flexibility index (Phi) is 4.67. The van der Waals surface area contributed by atoms with Gasteiger partial charge in [0.05, 0.1) is 0 Å². The average molecular weight is 365 g/mol. The van der Waals surface area contributed by atoms with E-state index in [0.29, 0.717) is 36.3 Å². The fourth-order valence-corrected chi connectivity index (χ4v) is 4.28. The highest BCUT2D eigenvalue weighted by molar-refractivity contribution is 6.30. The molecule has 4 unspecified atom stereocenters. The molecule has 2 heterocycles. The van der Waals surface area contributed by atoms with Gasteiger partial charge in [-0.2, -0.15) is 0 Å². The molecule has 2 aliphatic heterocycles. The molecular weight excluding hydrogens is 343 g/mol. The molecule has 0 aromatic heterocycles. The number of urea groups is 1. The zero-order valence-electron chi connectivity index (χ0n) is 13.8. The number of fused-ring (bicyclic) bond motifs is 1. The minimum Gasteiger partial charge on any atom is -0.324 e. The summed E-state index contributed by atoms with van der Waals surface area (Å²) in [5, 5.41) is 3.50. The molecule has 0 bridgehead atoms. The van der Waals surface area contributed by atoms with Crippen LogP contribution in [0.15, 0.2) is 35.9 Å². The van der Waals surface area contributed by atoms with Crippen LogP contribution in [0, 0.1) is 5.92 Å². The second kappa shape index (κ2) is 6.94. The number of amides is 2. The lowest BCUT2D eigenvalue weighted by Crippen LogP contribution is -2.50. The van der Waals surface area contributed by atoms with E-state index in [9.17, 15) is 9.18 Å². The molecule has 2 amide bonds. The summed E-state index contributed by atoms with van der Waals surface area (Å²) in [5.74, 6) is 0.260. The van der Waals surface area contributed by atoms with E-state index in [0.717, 1.165) is 18.4 Å². The van der Waals surface area contributed by atoms with Crippen LogP contribution in [0.3, 0.4) is 0 Å². The number of anilines is 1. The van der Waals surface area contributed by atoms with Gasteiger partial charge in [-0.25, -0.2) is 14.6 Å². The molecule has 3 N–H and O–H groups in total. The molecule has 2 fully saturated rings. The van der Waals surface area contributed by atoms with Crippen molar-refractivity contribution in [3.63, 3.8) is 0 Å². The van der Waals surface area contributed by atoms with Crippen LogP contribution in [0.5, 0.6) is 0 Å². The fourth-order valence-electron chi connectivity index (χ4n) is 4.09. The van der Waals surface area contributed by atoms with Gasteiger partial charge in [0, 0.05) is 41.8 Å². The zero-order chi connectivity index (χ0) is 17.4. The summed E-state index contributed by atoms with van der Waals surface area (Å²) >= 11 is 5.97. The van der Waals surface area contributed by atoms with E-state index in [2.05, 4.69) is 16.2 Å². The predicted octanol–water partition coefficient (Wildman–Crippen LogP) is 3.10. The molecule has 2 saturated heterocycles. The molecule has 5 nitrogen and oxygen atoms in total. The third-order valence-electron chi connectivity index (χ3n) is 5.38. The van der Waals surface area contributed by atoms with Crippen LogP contribution in [0.2, 0.25) is 5.02 Å². The molecule has 0 saturated carbocycles. The first-order valence-electron chi connectivity index (χ1n) is 8.77. The molecule has 7 heteroatoms. The lowest BCUT2D eigenvalue weighted by Gasteiger charge is -2.36. The summed E-state index contributed by atoms with van der Waals surface area (Å²) in [4.78, 5) is 14.4. The van der Waals surface area contributed by atoms with Gasteiger partial charge in [0.15, 0.2) is 0 Å². The molecule has 3 aliphatic rings. The topological polar surface area (TPSA) is 56.4 Å². The summed E-state index contributed by atoms with van der Waals surface area (Å²) in [5.41, 5.74) is 8.47. The molecule has 1 aliphatic carbocycles. The Hall–Kier alpha value is -1.63. The Morgan fingerprint density at radius 3 is 2.96 bits per heavy atom. The highest BCUT2D eigenvalue weighted by Gasteiger charge is 2.43. The van der Waals surface area contributed by atoms with Gasteiger partial charge in [0.25, 0.3) is 0 Å². The number of hydrogen-bond acceptors (Lipinski definition) is 3. The number of benzene rings is 1. The first-order valence-corrected chi connectivity index (χ1v) is 9.15. The number of nitrogens with zero attached hydrogens (tertiary/aromatic N) is 1. The Morgan fingerprint density at radius 2 is 2.20 bits per heavy atom. The van der Waals surface area contributed by atoms with Crippen molar-refractivity contribution >= 4 is 23.3 Å². The molecule has 0 spiro atoms. The van der Waals surface area contributed by atoms with Crippen LogP contribution in [-0.4, -0.2) is 42.3 Å². The lowest BCUT2D eigenvalue weighted by atomic mass is 9.85. The molecule has 25 heavy (non-hydrogen) atoms. The standard InChI is InChI=1S/C18H22ClFN4O/c19-12-2-1-3-14(9-12)21-18(25)24-7-6-16-15(10-24)17(23-22-16)11-4-5-13(20)8-11/h1-3,8-9,13,15-17,22-23H,4-7,10H2,(H,21,25). The first kappa shape index (κ1) is 16.8. The average Bonchev–Trinajstić information content (AvgIpc) is 3.20. The van der Waals surface area contributed by atoms with E-state index in [1.165, 1.54) is 0 Å². The molecule has 4 rings (SSSR count). The number of allylic oxidation sites excluding steroid dienone is 1. The van der Waals surface area contributed by atoms with Gasteiger partial charge in [-0.1, -0.05) is 23.2 Å². The van der Waals surface area contributed by atoms with E-state index < -0.39 is 6.17 Å². The molecular formula is C18H22ClFN4O. The van der Waals surface area contributed by atoms with Gasteiger partial charge in [-0.05, 0) is 43.5 Å². The van der Waals surface area contributed by atoms with Crippen LogP contribution in [0.1, 0.15) is 19.3 Å². The molecule has 1 aromatic carbocycles. The van der Waals surface area contributed by atoms with E-state index in [4.69, 9.17) is 11.6 Å². The van der Waals surface area contributed by atoms with Gasteiger partial charge in [0.1, 0.15) is 6.17 Å². The second-order valence-corrected chi connectivity index (χ2v) is 7.44. The van der Waals surface area contributed by atoms with Crippen LogP contribution in [0.25, 0.3) is 0 Å². The zero-order valence-corrected chi connectivity index (χ0v) is 14.6.